The van der Waals surface area contributed by atoms with E-state index in [0.717, 1.165) is 55.3 Å². The van der Waals surface area contributed by atoms with Crippen molar-refractivity contribution < 1.29 is 4.74 Å². The maximum Gasteiger partial charge on any atom is 0.206 e. The summed E-state index contributed by atoms with van der Waals surface area (Å²) in [5, 5.41) is 12.6. The van der Waals surface area contributed by atoms with Gasteiger partial charge >= 0.3 is 0 Å². The largest absolute Gasteiger partial charge is 0.375 e. The van der Waals surface area contributed by atoms with E-state index < -0.39 is 0 Å². The summed E-state index contributed by atoms with van der Waals surface area (Å²) in [6, 6.07) is 14.4. The minimum absolute atomic E-state index is 0.294. The minimum Gasteiger partial charge on any atom is -0.375 e. The van der Waals surface area contributed by atoms with Crippen molar-refractivity contribution in [3.63, 3.8) is 0 Å². The predicted molar refractivity (Wildman–Crippen MR) is 106 cm³/mol. The topological polar surface area (TPSA) is 79.0 Å². The summed E-state index contributed by atoms with van der Waals surface area (Å²) >= 11 is 0. The maximum atomic E-state index is 9.01. The van der Waals surface area contributed by atoms with Crippen molar-refractivity contribution in [2.45, 2.75) is 25.1 Å². The number of ether oxygens (including phenoxy) is 1. The Hall–Kier alpha value is -2.95. The molecule has 4 heterocycles. The smallest absolute Gasteiger partial charge is 0.206 e. The third kappa shape index (κ3) is 3.11. The zero-order valence-electron chi connectivity index (χ0n) is 15.6. The average Bonchev–Trinajstić information content (AvgIpc) is 3.12. The second-order valence-electron chi connectivity index (χ2n) is 7.34. The molecule has 0 radical (unpaired) electrons. The molecule has 2 saturated heterocycles. The summed E-state index contributed by atoms with van der Waals surface area (Å²) in [6.45, 7) is 4.13. The molecule has 0 aliphatic carbocycles. The van der Waals surface area contributed by atoms with Gasteiger partial charge in [-0.3, -0.25) is 4.98 Å². The van der Waals surface area contributed by atoms with Crippen LogP contribution in [0.1, 0.15) is 17.7 Å². The molecule has 2 aliphatic rings. The van der Waals surface area contributed by atoms with E-state index in [1.165, 1.54) is 0 Å². The molecule has 2 aliphatic heterocycles. The third-order valence-electron chi connectivity index (χ3n) is 5.58. The van der Waals surface area contributed by atoms with Gasteiger partial charge in [-0.1, -0.05) is 12.1 Å². The summed E-state index contributed by atoms with van der Waals surface area (Å²) in [5.41, 5.74) is 3.57. The van der Waals surface area contributed by atoms with Gasteiger partial charge in [0.25, 0.3) is 0 Å². The monoisotopic (exact) mass is 374 g/mol. The Kier molecular flexibility index (Phi) is 4.43. The zero-order valence-corrected chi connectivity index (χ0v) is 15.6. The van der Waals surface area contributed by atoms with Crippen molar-refractivity contribution in [1.82, 2.24) is 19.9 Å². The molecule has 1 aromatic carbocycles. The third-order valence-corrected chi connectivity index (χ3v) is 5.58. The van der Waals surface area contributed by atoms with Crippen molar-refractivity contribution in [3.05, 3.63) is 53.9 Å². The number of fused-ring (bicyclic) bond motifs is 2. The number of nitrogens with one attached hydrogen (secondary N) is 1. The first-order valence-corrected chi connectivity index (χ1v) is 9.72. The van der Waals surface area contributed by atoms with Gasteiger partial charge in [-0.2, -0.15) is 5.26 Å². The summed E-state index contributed by atoms with van der Waals surface area (Å²) in [6.07, 6.45) is 2.92. The van der Waals surface area contributed by atoms with Gasteiger partial charge in [0.1, 0.15) is 6.07 Å². The molecule has 0 amide bonds. The van der Waals surface area contributed by atoms with Gasteiger partial charge in [-0.25, -0.2) is 4.98 Å². The molecular formula is C21H22N6O. The van der Waals surface area contributed by atoms with Crippen LogP contribution in [0.4, 0.5) is 5.95 Å². The molecule has 142 valence electrons. The molecule has 1 N–H and O–H groups in total. The van der Waals surface area contributed by atoms with Gasteiger partial charge in [0.15, 0.2) is 0 Å². The Morgan fingerprint density at radius 3 is 3.04 bits per heavy atom. The molecule has 5 rings (SSSR count). The van der Waals surface area contributed by atoms with E-state index in [4.69, 9.17) is 15.0 Å². The maximum absolute atomic E-state index is 9.01. The van der Waals surface area contributed by atoms with Crippen LogP contribution in [0, 0.1) is 11.3 Å². The number of rotatable bonds is 3. The number of para-hydroxylation sites is 2. The Bertz CT molecular complexity index is 1020. The van der Waals surface area contributed by atoms with Gasteiger partial charge < -0.3 is 19.5 Å². The number of nitriles is 1. The van der Waals surface area contributed by atoms with Crippen LogP contribution in [0.3, 0.4) is 0 Å². The molecule has 3 aromatic rings. The number of pyridine rings is 1. The van der Waals surface area contributed by atoms with Gasteiger partial charge in [-0.15, -0.1) is 0 Å². The van der Waals surface area contributed by atoms with Crippen LogP contribution in [0.15, 0.2) is 42.6 Å². The van der Waals surface area contributed by atoms with E-state index in [1.54, 1.807) is 6.20 Å². The Morgan fingerprint density at radius 1 is 1.25 bits per heavy atom. The highest BCUT2D eigenvalue weighted by Gasteiger charge is 2.33. The number of piperidine rings is 1. The first-order chi connectivity index (χ1) is 13.8. The SMILES string of the molecule is N#Cc1ccc(Cn2c(N3CC[C@@H]4OCCN[C@H]4C3)nc3ccccc32)nc1. The Balaban J connectivity index is 1.49. The number of anilines is 1. The first kappa shape index (κ1) is 17.2. The van der Waals surface area contributed by atoms with E-state index in [9.17, 15) is 0 Å². The minimum atomic E-state index is 0.294. The zero-order chi connectivity index (χ0) is 18.9. The lowest BCUT2D eigenvalue weighted by molar-refractivity contribution is -0.0137. The van der Waals surface area contributed by atoms with Crippen LogP contribution in [-0.4, -0.2) is 52.9 Å². The predicted octanol–water partition coefficient (Wildman–Crippen LogP) is 1.92. The molecular weight excluding hydrogens is 352 g/mol. The quantitative estimate of drug-likeness (QED) is 0.755. The number of aromatic nitrogens is 3. The number of morpholine rings is 1. The molecule has 0 saturated carbocycles. The molecule has 2 aromatic heterocycles. The van der Waals surface area contributed by atoms with Crippen LogP contribution < -0.4 is 10.2 Å². The summed E-state index contributed by atoms with van der Waals surface area (Å²) < 4.78 is 8.15. The normalized spacial score (nSPS) is 22.0. The fourth-order valence-corrected chi connectivity index (χ4v) is 4.17. The summed E-state index contributed by atoms with van der Waals surface area (Å²) in [4.78, 5) is 11.8. The number of hydrogen-bond acceptors (Lipinski definition) is 6. The van der Waals surface area contributed by atoms with Gasteiger partial charge in [0.2, 0.25) is 5.95 Å². The number of benzene rings is 1. The second kappa shape index (κ2) is 7.23. The summed E-state index contributed by atoms with van der Waals surface area (Å²) in [5.74, 6) is 0.971. The molecule has 2 fully saturated rings. The lowest BCUT2D eigenvalue weighted by atomic mass is 10.0. The summed E-state index contributed by atoms with van der Waals surface area (Å²) in [7, 11) is 0. The van der Waals surface area contributed by atoms with Crippen molar-refractivity contribution >= 4 is 17.0 Å². The standard InChI is InChI=1S/C21H22N6O/c22-11-15-5-6-16(24-12-15)13-27-19-4-2-1-3-17(19)25-21(27)26-9-7-20-18(14-26)23-8-10-28-20/h1-6,12,18,20,23H,7-10,13-14H2/t18-,20-/m0/s1. The van der Waals surface area contributed by atoms with Crippen LogP contribution in [-0.2, 0) is 11.3 Å². The molecule has 7 nitrogen and oxygen atoms in total. The van der Waals surface area contributed by atoms with Gasteiger partial charge in [0, 0.05) is 25.8 Å². The fraction of sp³-hybridized carbons (Fsp3) is 0.381. The molecule has 2 atom stereocenters. The van der Waals surface area contributed by atoms with Gasteiger partial charge in [0.05, 0.1) is 47.6 Å². The highest BCUT2D eigenvalue weighted by molar-refractivity contribution is 5.79. The van der Waals surface area contributed by atoms with Crippen molar-refractivity contribution in [3.8, 4) is 6.07 Å². The highest BCUT2D eigenvalue weighted by Crippen LogP contribution is 2.27. The van der Waals surface area contributed by atoms with Crippen molar-refractivity contribution in [2.24, 2.45) is 0 Å². The van der Waals surface area contributed by atoms with E-state index in [0.29, 0.717) is 24.3 Å². The molecule has 0 spiro atoms. The number of nitrogens with zero attached hydrogens (tertiary/aromatic N) is 5. The number of hydrogen-bond donors (Lipinski definition) is 1. The van der Waals surface area contributed by atoms with Gasteiger partial charge in [-0.05, 0) is 30.7 Å². The lowest BCUT2D eigenvalue weighted by Gasteiger charge is -2.41. The highest BCUT2D eigenvalue weighted by atomic mass is 16.5. The van der Waals surface area contributed by atoms with E-state index >= 15 is 0 Å². The molecule has 7 heteroatoms. The van der Waals surface area contributed by atoms with E-state index in [-0.39, 0.29) is 0 Å². The van der Waals surface area contributed by atoms with Crippen LogP contribution >= 0.6 is 0 Å². The van der Waals surface area contributed by atoms with Crippen molar-refractivity contribution in [2.75, 3.05) is 31.1 Å². The van der Waals surface area contributed by atoms with Crippen LogP contribution in [0.2, 0.25) is 0 Å². The molecule has 28 heavy (non-hydrogen) atoms. The Labute approximate surface area is 163 Å². The number of imidazole rings is 1. The molecule has 0 unspecified atom stereocenters. The lowest BCUT2D eigenvalue weighted by Crippen LogP contribution is -2.58. The first-order valence-electron chi connectivity index (χ1n) is 9.72. The second-order valence-corrected chi connectivity index (χ2v) is 7.34. The van der Waals surface area contributed by atoms with E-state index in [1.807, 2.05) is 24.3 Å². The average molecular weight is 374 g/mol. The fourth-order valence-electron chi connectivity index (χ4n) is 4.17. The molecule has 0 bridgehead atoms. The Morgan fingerprint density at radius 2 is 2.18 bits per heavy atom. The van der Waals surface area contributed by atoms with Crippen LogP contribution in [0.5, 0.6) is 0 Å². The van der Waals surface area contributed by atoms with E-state index in [2.05, 4.69) is 38.0 Å². The van der Waals surface area contributed by atoms with Crippen LogP contribution in [0.25, 0.3) is 11.0 Å². The van der Waals surface area contributed by atoms with Crippen molar-refractivity contribution in [1.29, 1.82) is 5.26 Å².